The van der Waals surface area contributed by atoms with E-state index in [4.69, 9.17) is 0 Å². The van der Waals surface area contributed by atoms with E-state index in [1.54, 1.807) is 16.8 Å². The van der Waals surface area contributed by atoms with Gasteiger partial charge >= 0.3 is 0 Å². The van der Waals surface area contributed by atoms with Gasteiger partial charge in [0.05, 0.1) is 11.4 Å². The summed E-state index contributed by atoms with van der Waals surface area (Å²) in [7, 11) is 0. The number of benzene rings is 1. The molecule has 4 rings (SSSR count). The quantitative estimate of drug-likeness (QED) is 0.704. The second-order valence-electron chi connectivity index (χ2n) is 7.24. The molecule has 0 unspecified atom stereocenters. The number of hydrogen-bond acceptors (Lipinski definition) is 2. The van der Waals surface area contributed by atoms with E-state index in [1.165, 1.54) is 12.1 Å². The maximum atomic E-state index is 13.4. The van der Waals surface area contributed by atoms with Gasteiger partial charge in [-0.1, -0.05) is 6.92 Å². The molecule has 0 spiro atoms. The fraction of sp³-hybridized carbons (Fsp3) is 0.333. The largest absolute Gasteiger partial charge is 0.338 e. The highest BCUT2D eigenvalue weighted by atomic mass is 19.1. The van der Waals surface area contributed by atoms with Gasteiger partial charge in [0.25, 0.3) is 5.91 Å². The molecule has 2 aromatic heterocycles. The molecular formula is C21H23FN4O. The first kappa shape index (κ1) is 17.5. The third-order valence-corrected chi connectivity index (χ3v) is 5.24. The Kier molecular flexibility index (Phi) is 4.56. The van der Waals surface area contributed by atoms with E-state index in [2.05, 4.69) is 12.0 Å². The second kappa shape index (κ2) is 7.02. The van der Waals surface area contributed by atoms with Gasteiger partial charge in [-0.3, -0.25) is 4.79 Å². The maximum absolute atomic E-state index is 13.4. The van der Waals surface area contributed by atoms with Crippen LogP contribution in [0.5, 0.6) is 0 Å². The summed E-state index contributed by atoms with van der Waals surface area (Å²) in [5.74, 6) is 1.05. The number of halogens is 1. The molecule has 0 saturated carbocycles. The van der Waals surface area contributed by atoms with E-state index < -0.39 is 0 Å². The lowest BCUT2D eigenvalue weighted by molar-refractivity contribution is 0.0696. The monoisotopic (exact) mass is 366 g/mol. The summed E-state index contributed by atoms with van der Waals surface area (Å²) in [6.45, 7) is 5.62. The lowest BCUT2D eigenvalue weighted by Gasteiger charge is -2.30. The number of aromatic nitrogens is 3. The zero-order valence-electron chi connectivity index (χ0n) is 15.6. The van der Waals surface area contributed by atoms with Crippen molar-refractivity contribution in [2.24, 2.45) is 5.92 Å². The third kappa shape index (κ3) is 3.27. The van der Waals surface area contributed by atoms with Gasteiger partial charge in [0.1, 0.15) is 11.4 Å². The smallest absolute Gasteiger partial charge is 0.259 e. The summed E-state index contributed by atoms with van der Waals surface area (Å²) in [4.78, 5) is 15.3. The summed E-state index contributed by atoms with van der Waals surface area (Å²) >= 11 is 0. The Bertz CT molecular complexity index is 935. The average molecular weight is 366 g/mol. The number of carbonyl (C=O) groups excluding carboxylic acids is 1. The summed E-state index contributed by atoms with van der Waals surface area (Å²) in [6, 6.07) is 9.97. The molecule has 0 aliphatic carbocycles. The molecule has 1 aromatic carbocycles. The van der Waals surface area contributed by atoms with Crippen molar-refractivity contribution in [3.8, 4) is 11.5 Å². The van der Waals surface area contributed by atoms with Crippen LogP contribution in [-0.4, -0.2) is 38.2 Å². The molecule has 0 atom stereocenters. The van der Waals surface area contributed by atoms with Gasteiger partial charge < -0.3 is 9.47 Å². The Morgan fingerprint density at radius 2 is 1.74 bits per heavy atom. The SMILES string of the molecule is Cc1nn(-c2ccc(F)cc2)c(-n2cccc2)c1C(=O)N1CCC(C)CC1. The van der Waals surface area contributed by atoms with Gasteiger partial charge in [-0.2, -0.15) is 5.10 Å². The molecule has 6 heteroatoms. The van der Waals surface area contributed by atoms with Crippen LogP contribution in [0.2, 0.25) is 0 Å². The van der Waals surface area contributed by atoms with E-state index in [1.807, 2.05) is 40.9 Å². The van der Waals surface area contributed by atoms with Crippen molar-refractivity contribution < 1.29 is 9.18 Å². The van der Waals surface area contributed by atoms with Crippen LogP contribution in [0.3, 0.4) is 0 Å². The minimum atomic E-state index is -0.302. The van der Waals surface area contributed by atoms with Crippen LogP contribution in [0, 0.1) is 18.7 Å². The molecule has 1 aliphatic heterocycles. The van der Waals surface area contributed by atoms with E-state index in [0.717, 1.165) is 31.6 Å². The predicted octanol–water partition coefficient (Wildman–Crippen LogP) is 3.98. The molecular weight excluding hydrogens is 343 g/mol. The molecule has 1 amide bonds. The van der Waals surface area contributed by atoms with Crippen LogP contribution >= 0.6 is 0 Å². The topological polar surface area (TPSA) is 43.1 Å². The molecule has 1 aliphatic rings. The highest BCUT2D eigenvalue weighted by Gasteiger charge is 2.29. The Hall–Kier alpha value is -2.89. The molecule has 1 fully saturated rings. The van der Waals surface area contributed by atoms with E-state index in [-0.39, 0.29) is 11.7 Å². The predicted molar refractivity (Wildman–Crippen MR) is 102 cm³/mol. The van der Waals surface area contributed by atoms with E-state index >= 15 is 0 Å². The highest BCUT2D eigenvalue weighted by molar-refractivity contribution is 5.98. The summed E-state index contributed by atoms with van der Waals surface area (Å²) in [6.07, 6.45) is 5.84. The molecule has 3 heterocycles. The number of amides is 1. The Balaban J connectivity index is 1.82. The maximum Gasteiger partial charge on any atom is 0.259 e. The fourth-order valence-electron chi connectivity index (χ4n) is 3.61. The van der Waals surface area contributed by atoms with E-state index in [9.17, 15) is 9.18 Å². The van der Waals surface area contributed by atoms with Crippen LogP contribution < -0.4 is 0 Å². The zero-order valence-corrected chi connectivity index (χ0v) is 15.6. The summed E-state index contributed by atoms with van der Waals surface area (Å²) in [5, 5.41) is 4.62. The summed E-state index contributed by atoms with van der Waals surface area (Å²) < 4.78 is 17.0. The van der Waals surface area contributed by atoms with Gasteiger partial charge in [0.15, 0.2) is 5.82 Å². The van der Waals surface area contributed by atoms with Crippen LogP contribution in [0.1, 0.15) is 35.8 Å². The molecule has 5 nitrogen and oxygen atoms in total. The molecule has 1 saturated heterocycles. The number of carbonyl (C=O) groups is 1. The Labute approximate surface area is 158 Å². The standard InChI is InChI=1S/C21H23FN4O/c1-15-9-13-25(14-10-15)21(27)19-16(2)23-26(18-7-5-17(22)6-8-18)20(19)24-11-3-4-12-24/h3-8,11-12,15H,9-10,13-14H2,1-2H3. The average Bonchev–Trinajstić information content (AvgIpc) is 3.30. The van der Waals surface area contributed by atoms with Crippen LogP contribution in [-0.2, 0) is 0 Å². The number of hydrogen-bond donors (Lipinski definition) is 0. The van der Waals surface area contributed by atoms with Crippen molar-refractivity contribution in [2.75, 3.05) is 13.1 Å². The molecule has 0 radical (unpaired) electrons. The molecule has 0 N–H and O–H groups in total. The highest BCUT2D eigenvalue weighted by Crippen LogP contribution is 2.26. The van der Waals surface area contributed by atoms with Crippen molar-refractivity contribution >= 4 is 5.91 Å². The van der Waals surface area contributed by atoms with Gasteiger partial charge in [0, 0.05) is 25.5 Å². The number of likely N-dealkylation sites (tertiary alicyclic amines) is 1. The summed E-state index contributed by atoms with van der Waals surface area (Å²) in [5.41, 5.74) is 1.99. The van der Waals surface area contributed by atoms with Crippen molar-refractivity contribution in [3.05, 3.63) is 65.9 Å². The second-order valence-corrected chi connectivity index (χ2v) is 7.24. The normalized spacial score (nSPS) is 15.3. The van der Waals surface area contributed by atoms with Crippen molar-refractivity contribution in [1.29, 1.82) is 0 Å². The minimum absolute atomic E-state index is 0.0106. The van der Waals surface area contributed by atoms with Crippen molar-refractivity contribution in [1.82, 2.24) is 19.2 Å². The van der Waals surface area contributed by atoms with Crippen molar-refractivity contribution in [3.63, 3.8) is 0 Å². The van der Waals surface area contributed by atoms with Gasteiger partial charge in [-0.25, -0.2) is 9.07 Å². The van der Waals surface area contributed by atoms with Gasteiger partial charge in [-0.05, 0) is 62.1 Å². The number of nitrogens with zero attached hydrogens (tertiary/aromatic N) is 4. The number of aryl methyl sites for hydroxylation is 1. The minimum Gasteiger partial charge on any atom is -0.338 e. The number of piperidine rings is 1. The van der Waals surface area contributed by atoms with Crippen LogP contribution in [0.25, 0.3) is 11.5 Å². The fourth-order valence-corrected chi connectivity index (χ4v) is 3.61. The van der Waals surface area contributed by atoms with Gasteiger partial charge in [-0.15, -0.1) is 0 Å². The van der Waals surface area contributed by atoms with E-state index in [0.29, 0.717) is 23.0 Å². The van der Waals surface area contributed by atoms with Crippen molar-refractivity contribution in [2.45, 2.75) is 26.7 Å². The third-order valence-electron chi connectivity index (χ3n) is 5.24. The first-order valence-corrected chi connectivity index (χ1v) is 9.33. The Morgan fingerprint density at radius 3 is 2.37 bits per heavy atom. The molecule has 140 valence electrons. The number of rotatable bonds is 3. The first-order chi connectivity index (χ1) is 13.0. The van der Waals surface area contributed by atoms with Crippen LogP contribution in [0.4, 0.5) is 4.39 Å². The Morgan fingerprint density at radius 1 is 1.11 bits per heavy atom. The first-order valence-electron chi connectivity index (χ1n) is 9.33. The molecule has 0 bridgehead atoms. The zero-order chi connectivity index (χ0) is 19.0. The van der Waals surface area contributed by atoms with Gasteiger partial charge in [0.2, 0.25) is 0 Å². The van der Waals surface area contributed by atoms with Crippen LogP contribution in [0.15, 0.2) is 48.8 Å². The lowest BCUT2D eigenvalue weighted by atomic mass is 9.98. The molecule has 3 aromatic rings. The lowest BCUT2D eigenvalue weighted by Crippen LogP contribution is -2.38. The molecule has 27 heavy (non-hydrogen) atoms.